The average Bonchev–Trinajstić information content (AvgIpc) is 3.10. The normalized spacial score (nSPS) is 37.7. The van der Waals surface area contributed by atoms with Crippen molar-refractivity contribution in [2.24, 2.45) is 35.0 Å². The SMILES string of the molecule is CC(=O)O[C@H]1CC[C@H]2[C@@H]3C(CCCCCCCCCBr)CC4=CC(=O)CCC4[C@H]3CC[C@]12C. The number of esters is 1. The second-order valence-corrected chi connectivity index (χ2v) is 12.6. The number of allylic oxidation sites excluding steroid dienone is 1. The third-order valence-electron chi connectivity index (χ3n) is 9.90. The van der Waals surface area contributed by atoms with Crippen molar-refractivity contribution in [1.82, 2.24) is 0 Å². The van der Waals surface area contributed by atoms with E-state index in [0.717, 1.165) is 42.8 Å². The quantitative estimate of drug-likeness (QED) is 0.167. The highest BCUT2D eigenvalue weighted by molar-refractivity contribution is 9.09. The first-order valence-electron chi connectivity index (χ1n) is 13.9. The molecule has 0 spiro atoms. The Balaban J connectivity index is 1.44. The van der Waals surface area contributed by atoms with Gasteiger partial charge in [-0.15, -0.1) is 0 Å². The summed E-state index contributed by atoms with van der Waals surface area (Å²) in [6.45, 7) is 4.00. The molecule has 4 rings (SSSR count). The van der Waals surface area contributed by atoms with Gasteiger partial charge in [-0.05, 0) is 87.0 Å². The van der Waals surface area contributed by atoms with Gasteiger partial charge in [-0.2, -0.15) is 0 Å². The zero-order valence-electron chi connectivity index (χ0n) is 21.0. The summed E-state index contributed by atoms with van der Waals surface area (Å²) >= 11 is 3.53. The lowest BCUT2D eigenvalue weighted by Gasteiger charge is -2.56. The number of unbranched alkanes of at least 4 members (excludes halogenated alkanes) is 6. The van der Waals surface area contributed by atoms with Gasteiger partial charge in [0.25, 0.3) is 0 Å². The van der Waals surface area contributed by atoms with E-state index in [1.807, 2.05) is 6.08 Å². The molecule has 33 heavy (non-hydrogen) atoms. The van der Waals surface area contributed by atoms with Gasteiger partial charge in [0.2, 0.25) is 0 Å². The van der Waals surface area contributed by atoms with Crippen LogP contribution in [0, 0.1) is 35.0 Å². The molecule has 3 saturated carbocycles. The van der Waals surface area contributed by atoms with Gasteiger partial charge in [0.1, 0.15) is 6.10 Å². The van der Waals surface area contributed by atoms with E-state index in [0.29, 0.717) is 23.5 Å². The number of alkyl halides is 1. The number of ketones is 1. The van der Waals surface area contributed by atoms with Crippen LogP contribution in [0.1, 0.15) is 110 Å². The van der Waals surface area contributed by atoms with Gasteiger partial charge in [-0.1, -0.05) is 67.0 Å². The molecule has 186 valence electrons. The molecular formula is C29H45BrO3. The Kier molecular flexibility index (Phi) is 8.79. The molecule has 0 aromatic rings. The lowest BCUT2D eigenvalue weighted by atomic mass is 9.49. The van der Waals surface area contributed by atoms with Crippen molar-refractivity contribution in [2.45, 2.75) is 116 Å². The van der Waals surface area contributed by atoms with E-state index >= 15 is 0 Å². The van der Waals surface area contributed by atoms with E-state index in [1.165, 1.54) is 76.2 Å². The molecule has 0 heterocycles. The van der Waals surface area contributed by atoms with E-state index < -0.39 is 0 Å². The first kappa shape index (κ1) is 25.5. The van der Waals surface area contributed by atoms with Gasteiger partial charge >= 0.3 is 5.97 Å². The molecule has 4 heteroatoms. The molecule has 0 radical (unpaired) electrons. The van der Waals surface area contributed by atoms with Gasteiger partial charge in [-0.3, -0.25) is 9.59 Å². The number of fused-ring (bicyclic) bond motifs is 5. The van der Waals surface area contributed by atoms with Gasteiger partial charge in [0.15, 0.2) is 5.78 Å². The molecule has 0 saturated heterocycles. The minimum Gasteiger partial charge on any atom is -0.462 e. The van der Waals surface area contributed by atoms with E-state index in [1.54, 1.807) is 6.92 Å². The molecule has 4 aliphatic carbocycles. The summed E-state index contributed by atoms with van der Waals surface area (Å²) in [6, 6.07) is 0. The summed E-state index contributed by atoms with van der Waals surface area (Å²) < 4.78 is 5.87. The zero-order valence-corrected chi connectivity index (χ0v) is 22.5. The summed E-state index contributed by atoms with van der Waals surface area (Å²) in [5.74, 6) is 3.75. The van der Waals surface area contributed by atoms with Crippen molar-refractivity contribution < 1.29 is 14.3 Å². The molecule has 0 amide bonds. The van der Waals surface area contributed by atoms with Crippen molar-refractivity contribution >= 4 is 27.7 Å². The molecule has 0 N–H and O–H groups in total. The molecule has 3 fully saturated rings. The van der Waals surface area contributed by atoms with Crippen LogP contribution in [-0.2, 0) is 14.3 Å². The number of halogens is 1. The highest BCUT2D eigenvalue weighted by Crippen LogP contribution is 2.64. The molecule has 0 aromatic carbocycles. The maximum atomic E-state index is 12.2. The highest BCUT2D eigenvalue weighted by Gasteiger charge is 2.59. The molecule has 0 aromatic heterocycles. The van der Waals surface area contributed by atoms with Crippen LogP contribution in [0.4, 0.5) is 0 Å². The number of hydrogen-bond donors (Lipinski definition) is 0. The van der Waals surface area contributed by atoms with Gasteiger partial charge in [0.05, 0.1) is 0 Å². The molecule has 7 atom stereocenters. The molecular weight excluding hydrogens is 476 g/mol. The maximum absolute atomic E-state index is 12.2. The van der Waals surface area contributed by atoms with Crippen molar-refractivity contribution in [1.29, 1.82) is 0 Å². The largest absolute Gasteiger partial charge is 0.462 e. The Morgan fingerprint density at radius 3 is 2.52 bits per heavy atom. The Morgan fingerprint density at radius 2 is 1.79 bits per heavy atom. The Bertz CT molecular complexity index is 730. The molecule has 0 aliphatic heterocycles. The zero-order chi connectivity index (χ0) is 23.4. The summed E-state index contributed by atoms with van der Waals surface area (Å²) in [5.41, 5.74) is 1.64. The van der Waals surface area contributed by atoms with E-state index in [-0.39, 0.29) is 17.5 Å². The first-order chi connectivity index (χ1) is 15.9. The van der Waals surface area contributed by atoms with Crippen LogP contribution in [0.15, 0.2) is 11.6 Å². The number of hydrogen-bond acceptors (Lipinski definition) is 3. The number of rotatable bonds is 10. The van der Waals surface area contributed by atoms with Crippen LogP contribution < -0.4 is 0 Å². The monoisotopic (exact) mass is 520 g/mol. The lowest BCUT2D eigenvalue weighted by molar-refractivity contribution is -0.157. The van der Waals surface area contributed by atoms with Gasteiger partial charge in [-0.25, -0.2) is 0 Å². The molecule has 2 unspecified atom stereocenters. The van der Waals surface area contributed by atoms with Crippen molar-refractivity contribution in [3.63, 3.8) is 0 Å². The van der Waals surface area contributed by atoms with Crippen molar-refractivity contribution in [3.8, 4) is 0 Å². The fourth-order valence-electron chi connectivity index (χ4n) is 8.40. The lowest BCUT2D eigenvalue weighted by Crippen LogP contribution is -2.51. The third-order valence-corrected chi connectivity index (χ3v) is 10.5. The third kappa shape index (κ3) is 5.62. The van der Waals surface area contributed by atoms with Crippen LogP contribution in [-0.4, -0.2) is 23.2 Å². The van der Waals surface area contributed by atoms with Crippen LogP contribution in [0.25, 0.3) is 0 Å². The standard InChI is InChI=1S/C29H45BrO3/c1-20(31)33-27-14-13-26-28-21(10-8-6-4-3-5-7-9-17-30)18-22-19-23(32)11-12-24(22)25(28)15-16-29(26,27)2/h19,21,24-28H,3-18H2,1-2H3/t21?,24?,25-,26+,27+,28-,29+/m1/s1. The van der Waals surface area contributed by atoms with Crippen molar-refractivity contribution in [3.05, 3.63) is 11.6 Å². The Hall–Kier alpha value is -0.640. The topological polar surface area (TPSA) is 43.4 Å². The van der Waals surface area contributed by atoms with Crippen LogP contribution in [0.5, 0.6) is 0 Å². The van der Waals surface area contributed by atoms with Crippen LogP contribution >= 0.6 is 15.9 Å². The number of carbonyl (C=O) groups is 2. The van der Waals surface area contributed by atoms with Crippen LogP contribution in [0.2, 0.25) is 0 Å². The Morgan fingerprint density at radius 1 is 1.06 bits per heavy atom. The first-order valence-corrected chi connectivity index (χ1v) is 15.0. The van der Waals surface area contributed by atoms with Crippen LogP contribution in [0.3, 0.4) is 0 Å². The second-order valence-electron chi connectivity index (χ2n) is 11.8. The number of carbonyl (C=O) groups excluding carboxylic acids is 2. The minimum atomic E-state index is -0.115. The van der Waals surface area contributed by atoms with Crippen molar-refractivity contribution in [2.75, 3.05) is 5.33 Å². The summed E-state index contributed by atoms with van der Waals surface area (Å²) in [7, 11) is 0. The van der Waals surface area contributed by atoms with E-state index in [2.05, 4.69) is 22.9 Å². The smallest absolute Gasteiger partial charge is 0.302 e. The summed E-state index contributed by atoms with van der Waals surface area (Å²) in [4.78, 5) is 24.0. The van der Waals surface area contributed by atoms with E-state index in [4.69, 9.17) is 4.74 Å². The second kappa shape index (κ2) is 11.4. The number of ether oxygens (including phenoxy) is 1. The molecule has 3 nitrogen and oxygen atoms in total. The predicted octanol–water partition coefficient (Wildman–Crippen LogP) is 7.80. The Labute approximate surface area is 210 Å². The maximum Gasteiger partial charge on any atom is 0.302 e. The summed E-state index contributed by atoms with van der Waals surface area (Å²) in [6.07, 6.45) is 20.5. The molecule has 0 bridgehead atoms. The van der Waals surface area contributed by atoms with Gasteiger partial charge < -0.3 is 4.74 Å². The minimum absolute atomic E-state index is 0.103. The average molecular weight is 522 g/mol. The van der Waals surface area contributed by atoms with Gasteiger partial charge in [0, 0.05) is 24.1 Å². The van der Waals surface area contributed by atoms with E-state index in [9.17, 15) is 9.59 Å². The predicted molar refractivity (Wildman–Crippen MR) is 137 cm³/mol. The fraction of sp³-hybridized carbons (Fsp3) is 0.862. The highest BCUT2D eigenvalue weighted by atomic mass is 79.9. The summed E-state index contributed by atoms with van der Waals surface area (Å²) in [5, 5.41) is 1.13. The fourth-order valence-corrected chi connectivity index (χ4v) is 8.80. The molecule has 4 aliphatic rings.